The molecule has 3 aromatic rings. The predicted molar refractivity (Wildman–Crippen MR) is 93.4 cm³/mol. The summed E-state index contributed by atoms with van der Waals surface area (Å²) in [5.74, 6) is 0.330. The summed E-state index contributed by atoms with van der Waals surface area (Å²) in [6.07, 6.45) is 0.543. The number of hydrogen-bond donors (Lipinski definition) is 0. The molecule has 1 heterocycles. The molecule has 0 radical (unpaired) electrons. The van der Waals surface area contributed by atoms with Crippen LogP contribution in [0.5, 0.6) is 0 Å². The molecule has 5 heteroatoms. The molecule has 0 aliphatic heterocycles. The number of rotatable bonds is 6. The van der Waals surface area contributed by atoms with Gasteiger partial charge in [-0.2, -0.15) is 5.26 Å². The molecule has 0 bridgehead atoms. The molecule has 0 saturated heterocycles. The number of hydrogen-bond acceptors (Lipinski definition) is 4. The maximum atomic E-state index is 13.8. The van der Waals surface area contributed by atoms with Gasteiger partial charge in [-0.1, -0.05) is 24.3 Å². The van der Waals surface area contributed by atoms with Crippen molar-refractivity contribution in [3.05, 3.63) is 83.4 Å². The highest BCUT2D eigenvalue weighted by Gasteiger charge is 2.11. The van der Waals surface area contributed by atoms with E-state index in [1.807, 2.05) is 6.07 Å². The Labute approximate surface area is 150 Å². The fourth-order valence-corrected chi connectivity index (χ4v) is 2.45. The minimum absolute atomic E-state index is 0.156. The van der Waals surface area contributed by atoms with Crippen molar-refractivity contribution in [1.82, 2.24) is 0 Å². The second-order valence-electron chi connectivity index (χ2n) is 5.72. The highest BCUT2D eigenvalue weighted by molar-refractivity contribution is 5.69. The van der Waals surface area contributed by atoms with Crippen molar-refractivity contribution in [1.29, 1.82) is 5.26 Å². The summed E-state index contributed by atoms with van der Waals surface area (Å²) < 4.78 is 24.6. The van der Waals surface area contributed by atoms with Crippen LogP contribution in [0.2, 0.25) is 0 Å². The lowest BCUT2D eigenvalue weighted by atomic mass is 10.1. The standard InChI is InChI=1S/C21H16FNO3/c22-19-4-2-1-3-18(19)20-11-9-17(26-20)10-12-21(24)25-14-16-7-5-15(13-23)6-8-16/h1-9,11H,10,12,14H2. The Morgan fingerprint density at radius 3 is 2.58 bits per heavy atom. The molecule has 130 valence electrons. The van der Waals surface area contributed by atoms with Crippen LogP contribution >= 0.6 is 0 Å². The first kappa shape index (κ1) is 17.4. The van der Waals surface area contributed by atoms with Crippen LogP contribution in [-0.4, -0.2) is 5.97 Å². The van der Waals surface area contributed by atoms with Crippen molar-refractivity contribution < 1.29 is 18.3 Å². The van der Waals surface area contributed by atoms with Crippen molar-refractivity contribution >= 4 is 5.97 Å². The van der Waals surface area contributed by atoms with Gasteiger partial charge in [0.25, 0.3) is 0 Å². The van der Waals surface area contributed by atoms with E-state index in [1.54, 1.807) is 54.6 Å². The molecule has 0 amide bonds. The Balaban J connectivity index is 1.50. The largest absolute Gasteiger partial charge is 0.461 e. The lowest BCUT2D eigenvalue weighted by Crippen LogP contribution is -2.05. The lowest BCUT2D eigenvalue weighted by Gasteiger charge is -2.04. The molecule has 0 spiro atoms. The van der Waals surface area contributed by atoms with E-state index < -0.39 is 0 Å². The Bertz CT molecular complexity index is 938. The topological polar surface area (TPSA) is 63.2 Å². The number of carbonyl (C=O) groups is 1. The van der Waals surface area contributed by atoms with Gasteiger partial charge in [-0.25, -0.2) is 4.39 Å². The zero-order valence-corrected chi connectivity index (χ0v) is 13.9. The van der Waals surface area contributed by atoms with Crippen molar-refractivity contribution in [2.75, 3.05) is 0 Å². The van der Waals surface area contributed by atoms with Gasteiger partial charge in [-0.3, -0.25) is 4.79 Å². The van der Waals surface area contributed by atoms with Crippen molar-refractivity contribution in [2.24, 2.45) is 0 Å². The Kier molecular flexibility index (Phi) is 5.45. The zero-order chi connectivity index (χ0) is 18.4. The number of aryl methyl sites for hydroxylation is 1. The van der Waals surface area contributed by atoms with Crippen LogP contribution < -0.4 is 0 Å². The summed E-state index contributed by atoms with van der Waals surface area (Å²) in [4.78, 5) is 11.9. The number of halogens is 1. The van der Waals surface area contributed by atoms with Gasteiger partial charge in [0.05, 0.1) is 23.6 Å². The second-order valence-corrected chi connectivity index (χ2v) is 5.72. The van der Waals surface area contributed by atoms with Gasteiger partial charge in [0, 0.05) is 6.42 Å². The predicted octanol–water partition coefficient (Wildman–Crippen LogP) is 4.63. The third kappa shape index (κ3) is 4.37. The normalized spacial score (nSPS) is 10.3. The van der Waals surface area contributed by atoms with E-state index in [-0.39, 0.29) is 24.8 Å². The number of carbonyl (C=O) groups excluding carboxylic acids is 1. The number of nitrogens with zero attached hydrogens (tertiary/aromatic N) is 1. The Morgan fingerprint density at radius 1 is 1.08 bits per heavy atom. The van der Waals surface area contributed by atoms with Crippen LogP contribution in [-0.2, 0) is 22.6 Å². The third-order valence-corrected chi connectivity index (χ3v) is 3.86. The molecule has 0 atom stereocenters. The summed E-state index contributed by atoms with van der Waals surface area (Å²) in [5, 5.41) is 8.75. The number of furan rings is 1. The van der Waals surface area contributed by atoms with Crippen molar-refractivity contribution in [3.63, 3.8) is 0 Å². The maximum absolute atomic E-state index is 13.8. The van der Waals surface area contributed by atoms with Crippen LogP contribution in [0.3, 0.4) is 0 Å². The van der Waals surface area contributed by atoms with E-state index >= 15 is 0 Å². The van der Waals surface area contributed by atoms with Gasteiger partial charge in [0.1, 0.15) is 23.9 Å². The number of esters is 1. The quantitative estimate of drug-likeness (QED) is 0.609. The highest BCUT2D eigenvalue weighted by Crippen LogP contribution is 2.25. The zero-order valence-electron chi connectivity index (χ0n) is 13.9. The van der Waals surface area contributed by atoms with Crippen molar-refractivity contribution in [3.8, 4) is 17.4 Å². The first-order valence-corrected chi connectivity index (χ1v) is 8.14. The summed E-state index contributed by atoms with van der Waals surface area (Å²) in [5.41, 5.74) is 1.77. The molecule has 0 aliphatic rings. The van der Waals surface area contributed by atoms with E-state index in [2.05, 4.69) is 0 Å². The van der Waals surface area contributed by atoms with E-state index in [1.165, 1.54) is 6.07 Å². The first-order valence-electron chi connectivity index (χ1n) is 8.14. The molecule has 1 aromatic heterocycles. The number of benzene rings is 2. The van der Waals surface area contributed by atoms with Gasteiger partial charge >= 0.3 is 5.97 Å². The minimum atomic E-state index is -0.352. The molecular formula is C21H16FNO3. The van der Waals surface area contributed by atoms with E-state index in [9.17, 15) is 9.18 Å². The molecular weight excluding hydrogens is 333 g/mol. The van der Waals surface area contributed by atoms with Gasteiger partial charge in [-0.15, -0.1) is 0 Å². The number of nitriles is 1. The van der Waals surface area contributed by atoms with Gasteiger partial charge in [0.2, 0.25) is 0 Å². The molecule has 0 fully saturated rings. The van der Waals surface area contributed by atoms with E-state index in [0.717, 1.165) is 5.56 Å². The maximum Gasteiger partial charge on any atom is 0.306 e. The van der Waals surface area contributed by atoms with Gasteiger partial charge in [0.15, 0.2) is 0 Å². The monoisotopic (exact) mass is 349 g/mol. The molecule has 0 saturated carbocycles. The number of ether oxygens (including phenoxy) is 1. The lowest BCUT2D eigenvalue weighted by molar-refractivity contribution is -0.145. The van der Waals surface area contributed by atoms with Crippen LogP contribution in [0.15, 0.2) is 65.1 Å². The van der Waals surface area contributed by atoms with Crippen molar-refractivity contribution in [2.45, 2.75) is 19.4 Å². The second kappa shape index (κ2) is 8.13. The van der Waals surface area contributed by atoms with E-state index in [0.29, 0.717) is 29.1 Å². The summed E-state index contributed by atoms with van der Waals surface area (Å²) in [6.45, 7) is 0.156. The summed E-state index contributed by atoms with van der Waals surface area (Å²) in [7, 11) is 0. The fourth-order valence-electron chi connectivity index (χ4n) is 2.45. The molecule has 26 heavy (non-hydrogen) atoms. The molecule has 0 unspecified atom stereocenters. The Hall–Kier alpha value is -3.39. The molecule has 3 rings (SSSR count). The van der Waals surface area contributed by atoms with Gasteiger partial charge in [-0.05, 0) is 42.0 Å². The van der Waals surface area contributed by atoms with Crippen LogP contribution in [0, 0.1) is 17.1 Å². The van der Waals surface area contributed by atoms with Crippen LogP contribution in [0.1, 0.15) is 23.3 Å². The molecule has 0 aliphatic carbocycles. The molecule has 4 nitrogen and oxygen atoms in total. The smallest absolute Gasteiger partial charge is 0.306 e. The van der Waals surface area contributed by atoms with Crippen LogP contribution in [0.4, 0.5) is 4.39 Å². The Morgan fingerprint density at radius 2 is 1.85 bits per heavy atom. The SMILES string of the molecule is N#Cc1ccc(COC(=O)CCc2ccc(-c3ccccc3F)o2)cc1. The summed E-state index contributed by atoms with van der Waals surface area (Å²) in [6, 6.07) is 18.7. The van der Waals surface area contributed by atoms with Gasteiger partial charge < -0.3 is 9.15 Å². The fraction of sp³-hybridized carbons (Fsp3) is 0.143. The molecule has 2 aromatic carbocycles. The van der Waals surface area contributed by atoms with Crippen LogP contribution in [0.25, 0.3) is 11.3 Å². The molecule has 0 N–H and O–H groups in total. The third-order valence-electron chi connectivity index (χ3n) is 3.86. The minimum Gasteiger partial charge on any atom is -0.461 e. The van der Waals surface area contributed by atoms with E-state index in [4.69, 9.17) is 14.4 Å². The average Bonchev–Trinajstić information content (AvgIpc) is 3.14. The average molecular weight is 349 g/mol. The highest BCUT2D eigenvalue weighted by atomic mass is 19.1. The first-order chi connectivity index (χ1) is 12.7. The summed E-state index contributed by atoms with van der Waals surface area (Å²) >= 11 is 0.